The highest BCUT2D eigenvalue weighted by Crippen LogP contribution is 2.73. The van der Waals surface area contributed by atoms with Gasteiger partial charge in [-0.3, -0.25) is 0 Å². The van der Waals surface area contributed by atoms with Crippen LogP contribution in [0.15, 0.2) is 23.8 Å². The van der Waals surface area contributed by atoms with Crippen molar-refractivity contribution in [1.29, 1.82) is 0 Å². The Balaban J connectivity index is 1.62. The summed E-state index contributed by atoms with van der Waals surface area (Å²) in [6.45, 7) is 29.0. The first-order valence-electron chi connectivity index (χ1n) is 14.6. The average molecular weight is 469 g/mol. The molecule has 0 aromatic heterocycles. The van der Waals surface area contributed by atoms with E-state index in [2.05, 4.69) is 81.9 Å². The van der Waals surface area contributed by atoms with E-state index in [0.717, 1.165) is 24.2 Å². The second-order valence-electron chi connectivity index (χ2n) is 15.4. The van der Waals surface area contributed by atoms with Crippen molar-refractivity contribution in [2.75, 3.05) is 0 Å². The summed E-state index contributed by atoms with van der Waals surface area (Å²) < 4.78 is 0. The van der Waals surface area contributed by atoms with Crippen molar-refractivity contribution in [2.45, 2.75) is 127 Å². The van der Waals surface area contributed by atoms with E-state index in [0.29, 0.717) is 22.7 Å². The van der Waals surface area contributed by atoms with Crippen molar-refractivity contribution < 1.29 is 5.11 Å². The normalized spacial score (nSPS) is 45.4. The van der Waals surface area contributed by atoms with Gasteiger partial charge in [-0.25, -0.2) is 0 Å². The van der Waals surface area contributed by atoms with Gasteiger partial charge in [0.2, 0.25) is 0 Å². The molecule has 4 aliphatic rings. The first-order valence-corrected chi connectivity index (χ1v) is 14.6. The van der Waals surface area contributed by atoms with Crippen molar-refractivity contribution in [3.8, 4) is 0 Å². The molecule has 1 heteroatoms. The first kappa shape index (κ1) is 26.5. The molecule has 0 amide bonds. The minimum atomic E-state index is -0.144. The molecule has 0 spiro atoms. The predicted octanol–water partition coefficient (Wildman–Crippen LogP) is 9.22. The van der Waals surface area contributed by atoms with Gasteiger partial charge in [-0.2, -0.15) is 0 Å². The zero-order valence-electron chi connectivity index (χ0n) is 24.4. The lowest BCUT2D eigenvalue weighted by Crippen LogP contribution is -2.57. The van der Waals surface area contributed by atoms with Crippen molar-refractivity contribution in [1.82, 2.24) is 0 Å². The van der Waals surface area contributed by atoms with Gasteiger partial charge in [-0.15, -0.1) is 0 Å². The molecule has 0 saturated heterocycles. The summed E-state index contributed by atoms with van der Waals surface area (Å²) in [4.78, 5) is 0. The molecule has 34 heavy (non-hydrogen) atoms. The molecule has 3 fully saturated rings. The fourth-order valence-corrected chi connectivity index (χ4v) is 10.1. The highest BCUT2D eigenvalue weighted by atomic mass is 16.3. The van der Waals surface area contributed by atoms with Gasteiger partial charge in [0.15, 0.2) is 0 Å². The molecular formula is C33H56O. The van der Waals surface area contributed by atoms with Gasteiger partial charge in [-0.1, -0.05) is 86.1 Å². The van der Waals surface area contributed by atoms with E-state index < -0.39 is 0 Å². The topological polar surface area (TPSA) is 20.2 Å². The number of aliphatic hydroxyl groups excluding tert-OH is 1. The Bertz CT molecular complexity index is 847. The van der Waals surface area contributed by atoms with Crippen molar-refractivity contribution in [2.24, 2.45) is 56.7 Å². The highest BCUT2D eigenvalue weighted by molar-refractivity contribution is 5.32. The van der Waals surface area contributed by atoms with Crippen LogP contribution in [0.25, 0.3) is 0 Å². The third-order valence-corrected chi connectivity index (χ3v) is 13.6. The predicted molar refractivity (Wildman–Crippen MR) is 147 cm³/mol. The maximum atomic E-state index is 10.9. The van der Waals surface area contributed by atoms with Gasteiger partial charge in [0.1, 0.15) is 0 Å². The van der Waals surface area contributed by atoms with Crippen LogP contribution in [-0.2, 0) is 0 Å². The SMILES string of the molecule is C=C(C)C(C)(C)[C@@H](C)C[C@@H](C)[C@H]1CC[C@@]2(C)[C@@H]3CC[C@H]4C(C)(C)[C@@H](O)CC[C@]4(C)C3=CC[C@]12C. The van der Waals surface area contributed by atoms with Gasteiger partial charge in [0.25, 0.3) is 0 Å². The Morgan fingerprint density at radius 1 is 1.03 bits per heavy atom. The molecule has 0 radical (unpaired) electrons. The molecule has 0 heterocycles. The van der Waals surface area contributed by atoms with Crippen LogP contribution in [0.4, 0.5) is 0 Å². The molecule has 4 rings (SSSR count). The van der Waals surface area contributed by atoms with E-state index >= 15 is 0 Å². The summed E-state index contributed by atoms with van der Waals surface area (Å²) in [7, 11) is 0. The van der Waals surface area contributed by atoms with Crippen LogP contribution in [0.5, 0.6) is 0 Å². The van der Waals surface area contributed by atoms with E-state index in [-0.39, 0.29) is 22.3 Å². The summed E-state index contributed by atoms with van der Waals surface area (Å²) in [6, 6.07) is 0. The van der Waals surface area contributed by atoms with Crippen LogP contribution >= 0.6 is 0 Å². The number of fused-ring (bicyclic) bond motifs is 5. The molecule has 194 valence electrons. The van der Waals surface area contributed by atoms with Crippen LogP contribution in [-0.4, -0.2) is 11.2 Å². The van der Waals surface area contributed by atoms with Crippen LogP contribution in [0, 0.1) is 56.7 Å². The fourth-order valence-electron chi connectivity index (χ4n) is 10.1. The third-order valence-electron chi connectivity index (χ3n) is 13.6. The minimum absolute atomic E-state index is 0.0272. The number of aliphatic hydroxyl groups is 1. The molecule has 3 saturated carbocycles. The zero-order valence-corrected chi connectivity index (χ0v) is 24.4. The largest absolute Gasteiger partial charge is 0.393 e. The number of hydrogen-bond acceptors (Lipinski definition) is 1. The Hall–Kier alpha value is -0.560. The lowest BCUT2D eigenvalue weighted by molar-refractivity contribution is -0.118. The highest BCUT2D eigenvalue weighted by Gasteiger charge is 2.65. The molecule has 0 unspecified atom stereocenters. The van der Waals surface area contributed by atoms with Gasteiger partial charge < -0.3 is 5.11 Å². The molecular weight excluding hydrogens is 412 g/mol. The second kappa shape index (κ2) is 8.22. The smallest absolute Gasteiger partial charge is 0.0594 e. The van der Waals surface area contributed by atoms with Gasteiger partial charge in [0, 0.05) is 0 Å². The number of hydrogen-bond donors (Lipinski definition) is 1. The molecule has 0 bridgehead atoms. The Labute approximate surface area is 212 Å². The van der Waals surface area contributed by atoms with E-state index in [9.17, 15) is 5.11 Å². The van der Waals surface area contributed by atoms with E-state index in [1.54, 1.807) is 5.57 Å². The Morgan fingerprint density at radius 2 is 1.68 bits per heavy atom. The number of allylic oxidation sites excluding steroid dienone is 3. The van der Waals surface area contributed by atoms with Crippen LogP contribution in [0.3, 0.4) is 0 Å². The minimum Gasteiger partial charge on any atom is -0.393 e. The van der Waals surface area contributed by atoms with Crippen molar-refractivity contribution in [3.63, 3.8) is 0 Å². The van der Waals surface area contributed by atoms with Crippen LogP contribution in [0.2, 0.25) is 0 Å². The van der Waals surface area contributed by atoms with E-state index in [4.69, 9.17) is 0 Å². The maximum absolute atomic E-state index is 10.9. The van der Waals surface area contributed by atoms with E-state index in [1.165, 1.54) is 50.5 Å². The quantitative estimate of drug-likeness (QED) is 0.399. The fraction of sp³-hybridized carbons (Fsp3) is 0.879. The van der Waals surface area contributed by atoms with Gasteiger partial charge >= 0.3 is 0 Å². The van der Waals surface area contributed by atoms with Crippen LogP contribution < -0.4 is 0 Å². The summed E-state index contributed by atoms with van der Waals surface area (Å²) in [5.41, 5.74) is 4.46. The van der Waals surface area contributed by atoms with Crippen LogP contribution in [0.1, 0.15) is 121 Å². The molecule has 0 aromatic carbocycles. The molecule has 1 N–H and O–H groups in total. The average Bonchev–Trinajstić information content (AvgIpc) is 3.02. The number of rotatable bonds is 5. The summed E-state index contributed by atoms with van der Waals surface area (Å²) in [5, 5.41) is 10.9. The molecule has 0 aromatic rings. The second-order valence-corrected chi connectivity index (χ2v) is 15.4. The standard InChI is InChI=1S/C33H56O/c1-21(2)29(5,6)23(4)20-22(3)24-14-18-33(11)26-12-13-27-30(7,8)28(34)16-17-31(27,9)25(26)15-19-32(24,33)10/h15,22-24,26-28,34H,1,12-14,16-20H2,2-11H3/t22-,23+,24-,26-,27+,28+,31-,32-,33+/m1/s1. The lowest BCUT2D eigenvalue weighted by Gasteiger charge is -2.64. The first-order chi connectivity index (χ1) is 15.5. The monoisotopic (exact) mass is 468 g/mol. The maximum Gasteiger partial charge on any atom is 0.0594 e. The summed E-state index contributed by atoms with van der Waals surface area (Å²) >= 11 is 0. The summed E-state index contributed by atoms with van der Waals surface area (Å²) in [6.07, 6.45) is 12.7. The van der Waals surface area contributed by atoms with Crippen molar-refractivity contribution >= 4 is 0 Å². The zero-order chi connectivity index (χ0) is 25.5. The van der Waals surface area contributed by atoms with Crippen molar-refractivity contribution in [3.05, 3.63) is 23.8 Å². The summed E-state index contributed by atoms with van der Waals surface area (Å²) in [5.74, 6) is 3.58. The van der Waals surface area contributed by atoms with E-state index in [1.807, 2.05) is 0 Å². The molecule has 9 atom stereocenters. The lowest BCUT2D eigenvalue weighted by atomic mass is 9.41. The third kappa shape index (κ3) is 3.48. The molecule has 1 nitrogen and oxygen atoms in total. The Kier molecular flexibility index (Phi) is 6.41. The molecule has 0 aliphatic heterocycles. The Morgan fingerprint density at radius 3 is 2.29 bits per heavy atom. The van der Waals surface area contributed by atoms with Gasteiger partial charge in [-0.05, 0) is 115 Å². The van der Waals surface area contributed by atoms with Gasteiger partial charge in [0.05, 0.1) is 6.10 Å². The molecule has 4 aliphatic carbocycles.